The van der Waals surface area contributed by atoms with E-state index >= 15 is 0 Å². The predicted molar refractivity (Wildman–Crippen MR) is 79.6 cm³/mol. The number of carbonyl (C=O) groups is 1. The molecule has 0 aliphatic carbocycles. The zero-order valence-corrected chi connectivity index (χ0v) is 12.1. The van der Waals surface area contributed by atoms with Gasteiger partial charge in [0.2, 0.25) is 0 Å². The number of nitro benzene ring substituents is 1. The molecule has 2 rings (SSSR count). The van der Waals surface area contributed by atoms with Crippen LogP contribution < -0.4 is 11.1 Å². The molecule has 0 aromatic heterocycles. The quantitative estimate of drug-likeness (QED) is 0.502. The molecular weight excluding hydrogens is 345 g/mol. The van der Waals surface area contributed by atoms with E-state index in [0.29, 0.717) is 4.47 Å². The molecule has 108 valence electrons. The van der Waals surface area contributed by atoms with Crippen LogP contribution in [0.1, 0.15) is 10.4 Å². The van der Waals surface area contributed by atoms with Crippen molar-refractivity contribution in [1.29, 1.82) is 0 Å². The molecule has 0 bridgehead atoms. The van der Waals surface area contributed by atoms with E-state index in [1.54, 1.807) is 0 Å². The fourth-order valence-electron chi connectivity index (χ4n) is 1.73. The first-order valence-corrected chi connectivity index (χ1v) is 6.48. The molecule has 8 heteroatoms. The summed E-state index contributed by atoms with van der Waals surface area (Å²) in [4.78, 5) is 22.4. The Bertz CT molecular complexity index is 737. The summed E-state index contributed by atoms with van der Waals surface area (Å²) in [6.45, 7) is 0. The van der Waals surface area contributed by atoms with Crippen molar-refractivity contribution in [2.24, 2.45) is 0 Å². The van der Waals surface area contributed by atoms with Gasteiger partial charge in [-0.05, 0) is 46.3 Å². The molecule has 0 spiro atoms. The number of amides is 1. The number of hydrogen-bond acceptors (Lipinski definition) is 4. The monoisotopic (exact) mass is 353 g/mol. The molecule has 0 saturated carbocycles. The third kappa shape index (κ3) is 3.16. The van der Waals surface area contributed by atoms with Gasteiger partial charge in [0.05, 0.1) is 10.6 Å². The normalized spacial score (nSPS) is 10.2. The van der Waals surface area contributed by atoms with E-state index in [-0.39, 0.29) is 16.9 Å². The number of carbonyl (C=O) groups excluding carboxylic acids is 1. The average molecular weight is 354 g/mol. The van der Waals surface area contributed by atoms with E-state index in [0.717, 1.165) is 6.07 Å². The summed E-state index contributed by atoms with van der Waals surface area (Å²) in [5.74, 6) is -1.18. The number of nitro groups is 1. The fourth-order valence-corrected chi connectivity index (χ4v) is 2.18. The van der Waals surface area contributed by atoms with E-state index in [4.69, 9.17) is 5.73 Å². The number of nitrogen functional groups attached to an aromatic ring is 1. The lowest BCUT2D eigenvalue weighted by atomic mass is 10.1. The minimum absolute atomic E-state index is 0.106. The fraction of sp³-hybridized carbons (Fsp3) is 0. The van der Waals surface area contributed by atoms with Crippen LogP contribution in [0.4, 0.5) is 21.5 Å². The van der Waals surface area contributed by atoms with Gasteiger partial charge in [0.25, 0.3) is 5.91 Å². The largest absolute Gasteiger partial charge is 0.393 e. The van der Waals surface area contributed by atoms with Gasteiger partial charge in [-0.2, -0.15) is 0 Å². The maximum absolute atomic E-state index is 13.0. The molecular formula is C13H9BrFN3O3. The van der Waals surface area contributed by atoms with Crippen molar-refractivity contribution < 1.29 is 14.1 Å². The average Bonchev–Trinajstić information content (AvgIpc) is 2.41. The number of nitrogens with two attached hydrogens (primary N) is 1. The Morgan fingerprint density at radius 3 is 2.67 bits per heavy atom. The third-order valence-corrected chi connectivity index (χ3v) is 3.33. The molecule has 21 heavy (non-hydrogen) atoms. The third-order valence-electron chi connectivity index (χ3n) is 2.67. The summed E-state index contributed by atoms with van der Waals surface area (Å²) in [7, 11) is 0. The molecule has 0 fully saturated rings. The van der Waals surface area contributed by atoms with Crippen molar-refractivity contribution in [3.63, 3.8) is 0 Å². The highest BCUT2D eigenvalue weighted by atomic mass is 79.9. The predicted octanol–water partition coefficient (Wildman–Crippen LogP) is 3.33. The molecule has 0 unspecified atom stereocenters. The number of nitrogens with one attached hydrogen (secondary N) is 1. The maximum Gasteiger partial charge on any atom is 0.304 e. The second-order valence-electron chi connectivity index (χ2n) is 4.08. The Labute approximate surface area is 127 Å². The van der Waals surface area contributed by atoms with Gasteiger partial charge in [0.15, 0.2) is 0 Å². The highest BCUT2D eigenvalue weighted by molar-refractivity contribution is 9.10. The van der Waals surface area contributed by atoms with E-state index < -0.39 is 22.3 Å². The van der Waals surface area contributed by atoms with Gasteiger partial charge in [-0.1, -0.05) is 6.07 Å². The van der Waals surface area contributed by atoms with Crippen molar-refractivity contribution in [3.8, 4) is 0 Å². The molecule has 0 saturated heterocycles. The molecule has 2 aromatic carbocycles. The minimum Gasteiger partial charge on any atom is -0.393 e. The van der Waals surface area contributed by atoms with Gasteiger partial charge < -0.3 is 11.1 Å². The highest BCUT2D eigenvalue weighted by Crippen LogP contribution is 2.28. The SMILES string of the molecule is Nc1cccc(C(=O)Nc2ccc(F)cc2Br)c1[N+](=O)[O-]. The lowest BCUT2D eigenvalue weighted by Crippen LogP contribution is -2.15. The second-order valence-corrected chi connectivity index (χ2v) is 4.93. The minimum atomic E-state index is -0.718. The first-order valence-electron chi connectivity index (χ1n) is 5.69. The van der Waals surface area contributed by atoms with Gasteiger partial charge in [-0.15, -0.1) is 0 Å². The van der Waals surface area contributed by atoms with Crippen molar-refractivity contribution in [1.82, 2.24) is 0 Å². The molecule has 0 aliphatic heterocycles. The summed E-state index contributed by atoms with van der Waals surface area (Å²) in [6.07, 6.45) is 0. The number of rotatable bonds is 3. The Morgan fingerprint density at radius 2 is 2.05 bits per heavy atom. The molecule has 0 radical (unpaired) electrons. The Morgan fingerprint density at radius 1 is 1.33 bits per heavy atom. The van der Waals surface area contributed by atoms with Crippen LogP contribution in [0.25, 0.3) is 0 Å². The van der Waals surface area contributed by atoms with Crippen LogP contribution in [-0.2, 0) is 0 Å². The van der Waals surface area contributed by atoms with Crippen molar-refractivity contribution in [2.75, 3.05) is 11.1 Å². The van der Waals surface area contributed by atoms with Crippen LogP contribution in [0.15, 0.2) is 40.9 Å². The summed E-state index contributed by atoms with van der Waals surface area (Å²) in [5.41, 5.74) is 5.07. The van der Waals surface area contributed by atoms with Crippen LogP contribution in [-0.4, -0.2) is 10.8 Å². The number of benzene rings is 2. The van der Waals surface area contributed by atoms with Gasteiger partial charge in [0, 0.05) is 4.47 Å². The number of para-hydroxylation sites is 1. The van der Waals surface area contributed by atoms with Crippen LogP contribution in [0.2, 0.25) is 0 Å². The van der Waals surface area contributed by atoms with Gasteiger partial charge in [-0.3, -0.25) is 14.9 Å². The molecule has 2 aromatic rings. The number of anilines is 2. The molecule has 1 amide bonds. The van der Waals surface area contributed by atoms with Crippen molar-refractivity contribution >= 4 is 38.9 Å². The lowest BCUT2D eigenvalue weighted by molar-refractivity contribution is -0.384. The smallest absolute Gasteiger partial charge is 0.304 e. The number of nitrogens with zero attached hydrogens (tertiary/aromatic N) is 1. The van der Waals surface area contributed by atoms with E-state index in [9.17, 15) is 19.3 Å². The number of halogens is 2. The summed E-state index contributed by atoms with van der Waals surface area (Å²) < 4.78 is 13.3. The second kappa shape index (κ2) is 5.88. The lowest BCUT2D eigenvalue weighted by Gasteiger charge is -2.08. The summed E-state index contributed by atoms with van der Waals surface area (Å²) >= 11 is 3.10. The van der Waals surface area contributed by atoms with Crippen LogP contribution in [0.5, 0.6) is 0 Å². The first kappa shape index (κ1) is 14.9. The topological polar surface area (TPSA) is 98.3 Å². The van der Waals surface area contributed by atoms with Gasteiger partial charge >= 0.3 is 5.69 Å². The van der Waals surface area contributed by atoms with Crippen LogP contribution in [0, 0.1) is 15.9 Å². The van der Waals surface area contributed by atoms with Gasteiger partial charge in [-0.25, -0.2) is 4.39 Å². The van der Waals surface area contributed by atoms with E-state index in [1.165, 1.54) is 30.3 Å². The molecule has 0 aliphatic rings. The van der Waals surface area contributed by atoms with Crippen molar-refractivity contribution in [3.05, 3.63) is 62.4 Å². The Kier molecular flexibility index (Phi) is 4.18. The Hall–Kier alpha value is -2.48. The zero-order valence-electron chi connectivity index (χ0n) is 10.5. The van der Waals surface area contributed by atoms with Crippen molar-refractivity contribution in [2.45, 2.75) is 0 Å². The van der Waals surface area contributed by atoms with E-state index in [1.807, 2.05) is 0 Å². The van der Waals surface area contributed by atoms with Crippen LogP contribution in [0.3, 0.4) is 0 Å². The highest BCUT2D eigenvalue weighted by Gasteiger charge is 2.23. The number of hydrogen-bond donors (Lipinski definition) is 2. The summed E-state index contributed by atoms with van der Waals surface area (Å²) in [5, 5.41) is 13.5. The van der Waals surface area contributed by atoms with E-state index in [2.05, 4.69) is 21.2 Å². The molecule has 0 heterocycles. The Balaban J connectivity index is 2.37. The molecule has 6 nitrogen and oxygen atoms in total. The standard InChI is InChI=1S/C13H9BrFN3O3/c14-9-6-7(15)4-5-11(9)17-13(19)8-2-1-3-10(16)12(8)18(20)21/h1-6H,16H2,(H,17,19). The van der Waals surface area contributed by atoms with Gasteiger partial charge in [0.1, 0.15) is 17.1 Å². The van der Waals surface area contributed by atoms with Crippen LogP contribution >= 0.6 is 15.9 Å². The first-order chi connectivity index (χ1) is 9.90. The maximum atomic E-state index is 13.0. The molecule has 3 N–H and O–H groups in total. The molecule has 0 atom stereocenters. The summed E-state index contributed by atoms with van der Waals surface area (Å²) in [6, 6.07) is 7.74. The zero-order chi connectivity index (χ0) is 15.6.